The van der Waals surface area contributed by atoms with Crippen LogP contribution in [0.5, 0.6) is 0 Å². The Morgan fingerprint density at radius 2 is 2.14 bits per heavy atom. The lowest BCUT2D eigenvalue weighted by molar-refractivity contribution is -0.139. The van der Waals surface area contributed by atoms with Crippen molar-refractivity contribution >= 4 is 34.5 Å². The maximum atomic E-state index is 12.6. The number of rotatable bonds is 3. The number of hydrogen-bond acceptors (Lipinski definition) is 4. The number of carboxylic acids is 1. The van der Waals surface area contributed by atoms with Gasteiger partial charge in [0.1, 0.15) is 5.25 Å². The van der Waals surface area contributed by atoms with Gasteiger partial charge in [0.15, 0.2) is 5.17 Å². The van der Waals surface area contributed by atoms with Gasteiger partial charge in [0.05, 0.1) is 17.7 Å². The van der Waals surface area contributed by atoms with E-state index in [1.807, 2.05) is 0 Å². The molecule has 1 aliphatic heterocycles. The number of aliphatic carboxylic acids is 1. The Hall–Kier alpha value is -2.03. The number of carbonyl (C=O) groups excluding carboxylic acids is 1. The largest absolute Gasteiger partial charge is 0.481 e. The van der Waals surface area contributed by atoms with Crippen LogP contribution in [0.4, 0.5) is 18.9 Å². The van der Waals surface area contributed by atoms with E-state index in [2.05, 4.69) is 4.99 Å². The Labute approximate surface area is 127 Å². The van der Waals surface area contributed by atoms with Crippen LogP contribution in [0.3, 0.4) is 0 Å². The number of aliphatic imine (C=N–C) groups is 1. The summed E-state index contributed by atoms with van der Waals surface area (Å²) < 4.78 is 37.9. The van der Waals surface area contributed by atoms with Gasteiger partial charge in [-0.25, -0.2) is 4.99 Å². The number of amides is 1. The Balaban J connectivity index is 2.26. The second-order valence-electron chi connectivity index (χ2n) is 4.54. The molecule has 0 spiro atoms. The first-order valence-electron chi connectivity index (χ1n) is 6.10. The standard InChI is InChI=1S/C13H11F3N2O3S/c1-18-11(21)9(6-10(19)20)22-12(18)17-8-4-2-3-7(5-8)13(14,15)16/h2-5,9H,6H2,1H3,(H,19,20)/t9-/m0/s1. The third kappa shape index (κ3) is 3.59. The van der Waals surface area contributed by atoms with Gasteiger partial charge in [-0.3, -0.25) is 14.5 Å². The maximum absolute atomic E-state index is 12.6. The van der Waals surface area contributed by atoms with Crippen molar-refractivity contribution in [2.24, 2.45) is 4.99 Å². The summed E-state index contributed by atoms with van der Waals surface area (Å²) in [5.41, 5.74) is -0.790. The van der Waals surface area contributed by atoms with Gasteiger partial charge in [0.2, 0.25) is 5.91 Å². The van der Waals surface area contributed by atoms with E-state index in [1.165, 1.54) is 19.2 Å². The smallest absolute Gasteiger partial charge is 0.416 e. The van der Waals surface area contributed by atoms with Crippen LogP contribution in [-0.2, 0) is 15.8 Å². The molecular weight excluding hydrogens is 321 g/mol. The van der Waals surface area contributed by atoms with E-state index in [4.69, 9.17) is 5.11 Å². The average molecular weight is 332 g/mol. The van der Waals surface area contributed by atoms with Crippen LogP contribution in [0, 0.1) is 0 Å². The molecule has 1 fully saturated rings. The van der Waals surface area contributed by atoms with Crippen LogP contribution in [-0.4, -0.2) is 39.3 Å². The zero-order valence-electron chi connectivity index (χ0n) is 11.3. The molecular formula is C13H11F3N2O3S. The number of amidine groups is 1. The SMILES string of the molecule is CN1C(=O)[C@H](CC(=O)O)SC1=Nc1cccc(C(F)(F)F)c1. The van der Waals surface area contributed by atoms with E-state index in [0.29, 0.717) is 0 Å². The van der Waals surface area contributed by atoms with E-state index >= 15 is 0 Å². The van der Waals surface area contributed by atoms with Crippen LogP contribution in [0.25, 0.3) is 0 Å². The van der Waals surface area contributed by atoms with Gasteiger partial charge < -0.3 is 5.11 Å². The highest BCUT2D eigenvalue weighted by Gasteiger charge is 2.37. The molecule has 9 heteroatoms. The van der Waals surface area contributed by atoms with Crippen molar-refractivity contribution in [3.05, 3.63) is 29.8 Å². The predicted molar refractivity (Wildman–Crippen MR) is 74.9 cm³/mol. The molecule has 0 unspecified atom stereocenters. The average Bonchev–Trinajstić information content (AvgIpc) is 2.66. The highest BCUT2D eigenvalue weighted by atomic mass is 32.2. The lowest BCUT2D eigenvalue weighted by Crippen LogP contribution is -2.28. The molecule has 0 radical (unpaired) electrons. The lowest BCUT2D eigenvalue weighted by atomic mass is 10.2. The van der Waals surface area contributed by atoms with E-state index in [-0.39, 0.29) is 17.3 Å². The maximum Gasteiger partial charge on any atom is 0.416 e. The molecule has 118 valence electrons. The minimum Gasteiger partial charge on any atom is -0.481 e. The number of halogens is 3. The summed E-state index contributed by atoms with van der Waals surface area (Å²) >= 11 is 0.928. The first-order valence-corrected chi connectivity index (χ1v) is 6.98. The summed E-state index contributed by atoms with van der Waals surface area (Å²) in [5, 5.41) is 8.09. The molecule has 1 aromatic carbocycles. The van der Waals surface area contributed by atoms with Gasteiger partial charge in [0.25, 0.3) is 0 Å². The lowest BCUT2D eigenvalue weighted by Gasteiger charge is -2.09. The molecule has 0 aliphatic carbocycles. The number of nitrogens with zero attached hydrogens (tertiary/aromatic N) is 2. The number of hydrogen-bond donors (Lipinski definition) is 1. The number of benzene rings is 1. The van der Waals surface area contributed by atoms with Crippen LogP contribution in [0.2, 0.25) is 0 Å². The number of carbonyl (C=O) groups is 2. The Morgan fingerprint density at radius 3 is 2.73 bits per heavy atom. The topological polar surface area (TPSA) is 70.0 Å². The third-order valence-electron chi connectivity index (χ3n) is 2.90. The van der Waals surface area contributed by atoms with Crippen molar-refractivity contribution in [1.82, 2.24) is 4.90 Å². The van der Waals surface area contributed by atoms with Gasteiger partial charge in [-0.2, -0.15) is 13.2 Å². The summed E-state index contributed by atoms with van der Waals surface area (Å²) in [6.07, 6.45) is -4.85. The molecule has 1 aromatic rings. The van der Waals surface area contributed by atoms with Crippen LogP contribution in [0.1, 0.15) is 12.0 Å². The van der Waals surface area contributed by atoms with Gasteiger partial charge >= 0.3 is 12.1 Å². The van der Waals surface area contributed by atoms with Crippen molar-refractivity contribution in [3.8, 4) is 0 Å². The fraction of sp³-hybridized carbons (Fsp3) is 0.308. The molecule has 1 amide bonds. The van der Waals surface area contributed by atoms with Crippen molar-refractivity contribution in [1.29, 1.82) is 0 Å². The minimum absolute atomic E-state index is 0.0490. The number of alkyl halides is 3. The molecule has 22 heavy (non-hydrogen) atoms. The Kier molecular flexibility index (Phi) is 4.45. The monoisotopic (exact) mass is 332 g/mol. The van der Waals surface area contributed by atoms with E-state index in [9.17, 15) is 22.8 Å². The molecule has 1 N–H and O–H groups in total. The molecule has 0 saturated carbocycles. The number of carboxylic acid groups (broad SMARTS) is 1. The van der Waals surface area contributed by atoms with E-state index < -0.39 is 28.9 Å². The molecule has 2 rings (SSSR count). The highest BCUT2D eigenvalue weighted by molar-refractivity contribution is 8.15. The Bertz CT molecular complexity index is 646. The van der Waals surface area contributed by atoms with Crippen molar-refractivity contribution < 1.29 is 27.9 Å². The predicted octanol–water partition coefficient (Wildman–Crippen LogP) is 2.74. The molecule has 1 aliphatic rings. The molecule has 1 saturated heterocycles. The summed E-state index contributed by atoms with van der Waals surface area (Å²) in [7, 11) is 1.41. The first kappa shape index (κ1) is 16.3. The van der Waals surface area contributed by atoms with E-state index in [0.717, 1.165) is 28.8 Å². The van der Waals surface area contributed by atoms with Crippen molar-refractivity contribution in [2.75, 3.05) is 7.05 Å². The second kappa shape index (κ2) is 5.99. The molecule has 0 bridgehead atoms. The minimum atomic E-state index is -4.48. The van der Waals surface area contributed by atoms with Crippen molar-refractivity contribution in [3.63, 3.8) is 0 Å². The van der Waals surface area contributed by atoms with Crippen LogP contribution >= 0.6 is 11.8 Å². The highest BCUT2D eigenvalue weighted by Crippen LogP contribution is 2.34. The fourth-order valence-electron chi connectivity index (χ4n) is 1.82. The van der Waals surface area contributed by atoms with Gasteiger partial charge in [-0.05, 0) is 18.2 Å². The summed E-state index contributed by atoms with van der Waals surface area (Å²) in [5.74, 6) is -1.56. The summed E-state index contributed by atoms with van der Waals surface area (Å²) in [6, 6.07) is 4.40. The zero-order chi connectivity index (χ0) is 16.5. The van der Waals surface area contributed by atoms with E-state index in [1.54, 1.807) is 0 Å². The van der Waals surface area contributed by atoms with Gasteiger partial charge in [-0.1, -0.05) is 17.8 Å². The fourth-order valence-corrected chi connectivity index (χ4v) is 2.96. The van der Waals surface area contributed by atoms with Gasteiger partial charge in [0, 0.05) is 7.05 Å². The Morgan fingerprint density at radius 1 is 1.45 bits per heavy atom. The van der Waals surface area contributed by atoms with Gasteiger partial charge in [-0.15, -0.1) is 0 Å². The summed E-state index contributed by atoms with van der Waals surface area (Å²) in [6.45, 7) is 0. The molecule has 1 atom stereocenters. The molecule has 0 aromatic heterocycles. The third-order valence-corrected chi connectivity index (χ3v) is 4.13. The number of thioether (sulfide) groups is 1. The summed E-state index contributed by atoms with van der Waals surface area (Å²) in [4.78, 5) is 27.7. The normalized spacial score (nSPS) is 20.7. The molecule has 5 nitrogen and oxygen atoms in total. The van der Waals surface area contributed by atoms with Crippen LogP contribution < -0.4 is 0 Å². The molecule has 1 heterocycles. The quantitative estimate of drug-likeness (QED) is 0.924. The second-order valence-corrected chi connectivity index (χ2v) is 5.71. The zero-order valence-corrected chi connectivity index (χ0v) is 12.1. The van der Waals surface area contributed by atoms with Crippen molar-refractivity contribution in [2.45, 2.75) is 17.8 Å². The van der Waals surface area contributed by atoms with Crippen LogP contribution in [0.15, 0.2) is 29.3 Å². The first-order chi connectivity index (χ1) is 10.2.